The summed E-state index contributed by atoms with van der Waals surface area (Å²) in [5, 5.41) is 0. The minimum absolute atomic E-state index is 0.111. The second-order valence-electron chi connectivity index (χ2n) is 5.21. The first-order valence-corrected chi connectivity index (χ1v) is 6.71. The summed E-state index contributed by atoms with van der Waals surface area (Å²) in [6.45, 7) is 0.324. The van der Waals surface area contributed by atoms with E-state index in [-0.39, 0.29) is 17.4 Å². The van der Waals surface area contributed by atoms with Gasteiger partial charge in [-0.25, -0.2) is 0 Å². The first kappa shape index (κ1) is 13.9. The summed E-state index contributed by atoms with van der Waals surface area (Å²) in [7, 11) is 0. The van der Waals surface area contributed by atoms with E-state index in [1.165, 1.54) is 18.4 Å². The zero-order valence-electron chi connectivity index (χ0n) is 11.2. The number of hydrogen-bond acceptors (Lipinski definition) is 3. The highest BCUT2D eigenvalue weighted by Crippen LogP contribution is 2.42. The van der Waals surface area contributed by atoms with Crippen LogP contribution >= 0.6 is 0 Å². The number of hydrogen-bond donors (Lipinski definition) is 1. The van der Waals surface area contributed by atoms with Gasteiger partial charge in [-0.1, -0.05) is 0 Å². The molecular formula is C15H15F3N2O. The molecule has 1 aromatic heterocycles. The molecule has 0 amide bonds. The molecule has 1 saturated carbocycles. The third kappa shape index (κ3) is 2.99. The van der Waals surface area contributed by atoms with E-state index in [4.69, 9.17) is 10.2 Å². The Kier molecular flexibility index (Phi) is 3.31. The number of furan rings is 1. The van der Waals surface area contributed by atoms with E-state index in [2.05, 4.69) is 0 Å². The van der Waals surface area contributed by atoms with E-state index >= 15 is 0 Å². The maximum atomic E-state index is 13.2. The van der Waals surface area contributed by atoms with Crippen LogP contribution in [0.4, 0.5) is 24.5 Å². The highest BCUT2D eigenvalue weighted by Gasteiger charge is 2.38. The molecule has 0 radical (unpaired) electrons. The number of halogens is 3. The molecule has 112 valence electrons. The monoisotopic (exact) mass is 296 g/mol. The standard InChI is InChI=1S/C15H15F3N2O/c16-15(17,18)13-8-10(19)3-6-14(13)20(11-4-5-11)9-12-2-1-7-21-12/h1-3,6-8,11H,4-5,9,19H2. The third-order valence-corrected chi connectivity index (χ3v) is 3.53. The number of nitrogen functional groups attached to an aromatic ring is 1. The van der Waals surface area contributed by atoms with Crippen molar-refractivity contribution in [2.45, 2.75) is 31.6 Å². The van der Waals surface area contributed by atoms with Gasteiger partial charge in [-0.15, -0.1) is 0 Å². The lowest BCUT2D eigenvalue weighted by molar-refractivity contribution is -0.137. The Bertz CT molecular complexity index is 618. The minimum Gasteiger partial charge on any atom is -0.467 e. The fourth-order valence-electron chi connectivity index (χ4n) is 2.40. The molecule has 0 spiro atoms. The molecule has 2 N–H and O–H groups in total. The molecule has 2 aromatic rings. The van der Waals surface area contributed by atoms with Gasteiger partial charge in [0.05, 0.1) is 18.4 Å². The molecule has 0 bridgehead atoms. The van der Waals surface area contributed by atoms with Crippen molar-refractivity contribution in [2.24, 2.45) is 0 Å². The van der Waals surface area contributed by atoms with Gasteiger partial charge >= 0.3 is 6.18 Å². The van der Waals surface area contributed by atoms with Gasteiger partial charge in [0, 0.05) is 17.4 Å². The van der Waals surface area contributed by atoms with Crippen molar-refractivity contribution in [1.82, 2.24) is 0 Å². The summed E-state index contributed by atoms with van der Waals surface area (Å²) >= 11 is 0. The average molecular weight is 296 g/mol. The first-order chi connectivity index (χ1) is 9.95. The molecular weight excluding hydrogens is 281 g/mol. The number of rotatable bonds is 4. The average Bonchev–Trinajstić information content (AvgIpc) is 3.13. The van der Waals surface area contributed by atoms with Crippen LogP contribution in [0.1, 0.15) is 24.2 Å². The normalized spacial score (nSPS) is 15.2. The molecule has 6 heteroatoms. The van der Waals surface area contributed by atoms with Crippen LogP contribution in [0, 0.1) is 0 Å². The van der Waals surface area contributed by atoms with E-state index in [0.29, 0.717) is 12.3 Å². The maximum Gasteiger partial charge on any atom is 0.418 e. The Balaban J connectivity index is 1.99. The van der Waals surface area contributed by atoms with Crippen molar-refractivity contribution >= 4 is 11.4 Å². The van der Waals surface area contributed by atoms with E-state index < -0.39 is 11.7 Å². The molecule has 0 aliphatic heterocycles. The summed E-state index contributed by atoms with van der Waals surface area (Å²) in [5.74, 6) is 0.645. The number of alkyl halides is 3. The number of nitrogens with two attached hydrogens (primary N) is 1. The molecule has 1 fully saturated rings. The van der Waals surface area contributed by atoms with Crippen LogP contribution in [0.2, 0.25) is 0 Å². The van der Waals surface area contributed by atoms with E-state index in [1.807, 2.05) is 0 Å². The Hall–Kier alpha value is -2.11. The topological polar surface area (TPSA) is 42.4 Å². The second kappa shape index (κ2) is 5.02. The minimum atomic E-state index is -4.43. The zero-order chi connectivity index (χ0) is 15.0. The molecule has 21 heavy (non-hydrogen) atoms. The molecule has 0 unspecified atom stereocenters. The van der Waals surface area contributed by atoms with Crippen molar-refractivity contribution < 1.29 is 17.6 Å². The van der Waals surface area contributed by atoms with Gasteiger partial charge in [0.1, 0.15) is 5.76 Å². The summed E-state index contributed by atoms with van der Waals surface area (Å²) in [6.07, 6.45) is -1.13. The summed E-state index contributed by atoms with van der Waals surface area (Å²) in [5.41, 5.74) is 5.10. The summed E-state index contributed by atoms with van der Waals surface area (Å²) < 4.78 is 45.0. The summed E-state index contributed by atoms with van der Waals surface area (Å²) in [4.78, 5) is 1.75. The fraction of sp³-hybridized carbons (Fsp3) is 0.333. The molecule has 1 aliphatic carbocycles. The molecule has 1 aliphatic rings. The van der Waals surface area contributed by atoms with Crippen molar-refractivity contribution in [3.63, 3.8) is 0 Å². The summed E-state index contributed by atoms with van der Waals surface area (Å²) in [6, 6.07) is 7.56. The SMILES string of the molecule is Nc1ccc(N(Cc2ccco2)C2CC2)c(C(F)(F)F)c1. The Morgan fingerprint density at radius 1 is 1.24 bits per heavy atom. The van der Waals surface area contributed by atoms with E-state index in [9.17, 15) is 13.2 Å². The van der Waals surface area contributed by atoms with Crippen LogP contribution in [0.15, 0.2) is 41.0 Å². The van der Waals surface area contributed by atoms with Crippen LogP contribution in [0.5, 0.6) is 0 Å². The first-order valence-electron chi connectivity index (χ1n) is 6.71. The predicted molar refractivity (Wildman–Crippen MR) is 73.8 cm³/mol. The highest BCUT2D eigenvalue weighted by molar-refractivity contribution is 5.62. The Morgan fingerprint density at radius 2 is 2.00 bits per heavy atom. The molecule has 3 rings (SSSR count). The molecule has 3 nitrogen and oxygen atoms in total. The van der Waals surface area contributed by atoms with Crippen LogP contribution in [-0.4, -0.2) is 6.04 Å². The molecule has 0 atom stereocenters. The van der Waals surface area contributed by atoms with E-state index in [1.54, 1.807) is 17.0 Å². The lowest BCUT2D eigenvalue weighted by atomic mass is 10.1. The Labute approximate surface area is 120 Å². The fourth-order valence-corrected chi connectivity index (χ4v) is 2.40. The van der Waals surface area contributed by atoms with Crippen molar-refractivity contribution in [3.05, 3.63) is 47.9 Å². The largest absolute Gasteiger partial charge is 0.467 e. The van der Waals surface area contributed by atoms with Crippen LogP contribution in [0.25, 0.3) is 0 Å². The van der Waals surface area contributed by atoms with Gasteiger partial charge < -0.3 is 15.1 Å². The van der Waals surface area contributed by atoms with Gasteiger partial charge in [-0.3, -0.25) is 0 Å². The van der Waals surface area contributed by atoms with Crippen molar-refractivity contribution in [1.29, 1.82) is 0 Å². The van der Waals surface area contributed by atoms with Gasteiger partial charge in [0.2, 0.25) is 0 Å². The number of nitrogens with zero attached hydrogens (tertiary/aromatic N) is 1. The number of benzene rings is 1. The van der Waals surface area contributed by atoms with Crippen LogP contribution in [-0.2, 0) is 12.7 Å². The van der Waals surface area contributed by atoms with Gasteiger partial charge in [0.25, 0.3) is 0 Å². The van der Waals surface area contributed by atoms with Gasteiger partial charge in [-0.05, 0) is 43.2 Å². The van der Waals surface area contributed by atoms with Crippen molar-refractivity contribution in [2.75, 3.05) is 10.6 Å². The second-order valence-corrected chi connectivity index (χ2v) is 5.21. The maximum absolute atomic E-state index is 13.2. The molecule has 0 saturated heterocycles. The lowest BCUT2D eigenvalue weighted by Crippen LogP contribution is -2.27. The van der Waals surface area contributed by atoms with Gasteiger partial charge in [0.15, 0.2) is 0 Å². The highest BCUT2D eigenvalue weighted by atomic mass is 19.4. The zero-order valence-corrected chi connectivity index (χ0v) is 11.2. The predicted octanol–water partition coefficient (Wildman–Crippen LogP) is 4.05. The van der Waals surface area contributed by atoms with Crippen molar-refractivity contribution in [3.8, 4) is 0 Å². The van der Waals surface area contributed by atoms with Crippen LogP contribution < -0.4 is 10.6 Å². The van der Waals surface area contributed by atoms with Gasteiger partial charge in [-0.2, -0.15) is 13.2 Å². The lowest BCUT2D eigenvalue weighted by Gasteiger charge is -2.27. The third-order valence-electron chi connectivity index (χ3n) is 3.53. The molecule has 1 aromatic carbocycles. The Morgan fingerprint density at radius 3 is 2.57 bits per heavy atom. The smallest absolute Gasteiger partial charge is 0.418 e. The van der Waals surface area contributed by atoms with E-state index in [0.717, 1.165) is 18.9 Å². The number of anilines is 2. The molecule has 1 heterocycles. The quantitative estimate of drug-likeness (QED) is 0.865. The van der Waals surface area contributed by atoms with Crippen LogP contribution in [0.3, 0.4) is 0 Å².